The third kappa shape index (κ3) is 3.63. The number of nitrogens with zero attached hydrogens (tertiary/aromatic N) is 2. The zero-order valence-corrected chi connectivity index (χ0v) is 18.3. The summed E-state index contributed by atoms with van der Waals surface area (Å²) in [6.07, 6.45) is 1.43. The number of fused-ring (bicyclic) bond motifs is 2. The van der Waals surface area contributed by atoms with Gasteiger partial charge >= 0.3 is 0 Å². The minimum atomic E-state index is -0.506. The van der Waals surface area contributed by atoms with Crippen molar-refractivity contribution in [3.05, 3.63) is 46.4 Å². The first-order valence-electron chi connectivity index (χ1n) is 9.66. The predicted molar refractivity (Wildman–Crippen MR) is 117 cm³/mol. The lowest BCUT2D eigenvalue weighted by Crippen LogP contribution is -2.43. The van der Waals surface area contributed by atoms with E-state index in [4.69, 9.17) is 9.47 Å². The summed E-state index contributed by atoms with van der Waals surface area (Å²) < 4.78 is 13.0. The molecule has 1 N–H and O–H groups in total. The van der Waals surface area contributed by atoms with Gasteiger partial charge in [0.15, 0.2) is 16.6 Å². The van der Waals surface area contributed by atoms with Gasteiger partial charge in [0.05, 0.1) is 10.2 Å². The second-order valence-corrected chi connectivity index (χ2v) is 9.08. The van der Waals surface area contributed by atoms with Gasteiger partial charge < -0.3 is 19.7 Å². The van der Waals surface area contributed by atoms with Crippen molar-refractivity contribution >= 4 is 54.4 Å². The number of benzene rings is 2. The molecule has 0 aliphatic carbocycles. The fraction of sp³-hybridized carbons (Fsp3) is 0.286. The zero-order valence-electron chi connectivity index (χ0n) is 15.9. The van der Waals surface area contributed by atoms with Crippen molar-refractivity contribution in [1.82, 2.24) is 9.88 Å². The van der Waals surface area contributed by atoms with Crippen LogP contribution < -0.4 is 14.8 Å². The molecule has 9 heteroatoms. The Morgan fingerprint density at radius 3 is 2.63 bits per heavy atom. The van der Waals surface area contributed by atoms with E-state index >= 15 is 0 Å². The number of hydrogen-bond acceptors (Lipinski definition) is 6. The Morgan fingerprint density at radius 2 is 1.87 bits per heavy atom. The molecule has 2 aliphatic rings. The second kappa shape index (κ2) is 7.88. The van der Waals surface area contributed by atoms with E-state index in [1.807, 2.05) is 24.3 Å². The number of nitrogens with one attached hydrogen (secondary N) is 1. The van der Waals surface area contributed by atoms with Gasteiger partial charge in [-0.2, -0.15) is 0 Å². The van der Waals surface area contributed by atoms with Crippen molar-refractivity contribution in [3.8, 4) is 11.5 Å². The largest absolute Gasteiger partial charge is 0.486 e. The first-order chi connectivity index (χ1) is 14.6. The third-order valence-corrected chi connectivity index (χ3v) is 6.65. The molecule has 1 unspecified atom stereocenters. The molecule has 154 valence electrons. The maximum Gasteiger partial charge on any atom is 0.254 e. The summed E-state index contributed by atoms with van der Waals surface area (Å²) in [6.45, 7) is 1.59. The molecule has 1 aromatic heterocycles. The van der Waals surface area contributed by atoms with Gasteiger partial charge in [-0.05, 0) is 37.1 Å². The Labute approximate surface area is 185 Å². The lowest BCUT2D eigenvalue weighted by Gasteiger charge is -2.23. The van der Waals surface area contributed by atoms with Crippen molar-refractivity contribution < 1.29 is 19.1 Å². The van der Waals surface area contributed by atoms with Crippen LogP contribution >= 0.6 is 27.3 Å². The maximum atomic E-state index is 13.0. The Hall–Kier alpha value is -2.65. The molecule has 1 fully saturated rings. The van der Waals surface area contributed by atoms with Crippen molar-refractivity contribution in [2.24, 2.45) is 0 Å². The summed E-state index contributed by atoms with van der Waals surface area (Å²) in [5.74, 6) is 1.01. The topological polar surface area (TPSA) is 80.8 Å². The third-order valence-electron chi connectivity index (χ3n) is 5.19. The highest BCUT2D eigenvalue weighted by atomic mass is 79.9. The highest BCUT2D eigenvalue weighted by molar-refractivity contribution is 9.10. The van der Waals surface area contributed by atoms with Crippen LogP contribution in [-0.4, -0.2) is 47.5 Å². The zero-order chi connectivity index (χ0) is 20.7. The predicted octanol–water partition coefficient (Wildman–Crippen LogP) is 4.07. The van der Waals surface area contributed by atoms with Crippen molar-refractivity contribution in [2.45, 2.75) is 18.9 Å². The molecule has 2 aliphatic heterocycles. The van der Waals surface area contributed by atoms with Crippen LogP contribution in [0.1, 0.15) is 23.2 Å². The van der Waals surface area contributed by atoms with Gasteiger partial charge in [-0.1, -0.05) is 27.3 Å². The molecule has 3 heterocycles. The number of halogens is 1. The Bertz CT molecular complexity index is 1090. The van der Waals surface area contributed by atoms with E-state index in [-0.39, 0.29) is 11.8 Å². The van der Waals surface area contributed by atoms with Gasteiger partial charge in [0.1, 0.15) is 19.3 Å². The first-order valence-corrected chi connectivity index (χ1v) is 11.3. The number of rotatable bonds is 3. The summed E-state index contributed by atoms with van der Waals surface area (Å²) in [5, 5.41) is 3.40. The highest BCUT2D eigenvalue weighted by Gasteiger charge is 2.35. The molecule has 5 rings (SSSR count). The fourth-order valence-electron chi connectivity index (χ4n) is 3.75. The minimum Gasteiger partial charge on any atom is -0.486 e. The van der Waals surface area contributed by atoms with Crippen LogP contribution in [0.15, 0.2) is 40.9 Å². The van der Waals surface area contributed by atoms with E-state index in [1.54, 1.807) is 17.0 Å². The number of carbonyl (C=O) groups excluding carboxylic acids is 2. The Balaban J connectivity index is 1.34. The highest BCUT2D eigenvalue weighted by Crippen LogP contribution is 2.38. The molecule has 1 saturated heterocycles. The molecule has 2 aromatic carbocycles. The molecule has 2 amide bonds. The number of likely N-dealkylation sites (tertiary alicyclic amines) is 1. The Kier molecular flexibility index (Phi) is 5.08. The van der Waals surface area contributed by atoms with Gasteiger partial charge in [0, 0.05) is 28.7 Å². The van der Waals surface area contributed by atoms with Gasteiger partial charge in [-0.3, -0.25) is 9.59 Å². The summed E-state index contributed by atoms with van der Waals surface area (Å²) in [6, 6.07) is 10.4. The number of thiazole rings is 1. The summed E-state index contributed by atoms with van der Waals surface area (Å²) in [7, 11) is 0. The summed E-state index contributed by atoms with van der Waals surface area (Å²) in [4.78, 5) is 32.0. The van der Waals surface area contributed by atoms with Crippen LogP contribution in [-0.2, 0) is 4.79 Å². The summed E-state index contributed by atoms with van der Waals surface area (Å²) in [5.41, 5.74) is 1.32. The van der Waals surface area contributed by atoms with Crippen LogP contribution in [0.4, 0.5) is 5.13 Å². The quantitative estimate of drug-likeness (QED) is 0.601. The molecular formula is C21H18BrN3O4S. The van der Waals surface area contributed by atoms with E-state index in [1.165, 1.54) is 11.3 Å². The molecule has 3 aromatic rings. The molecule has 0 spiro atoms. The Morgan fingerprint density at radius 1 is 1.13 bits per heavy atom. The lowest BCUT2D eigenvalue weighted by molar-refractivity contribution is -0.119. The normalized spacial score (nSPS) is 17.9. The van der Waals surface area contributed by atoms with E-state index < -0.39 is 6.04 Å². The van der Waals surface area contributed by atoms with Crippen LogP contribution in [0, 0.1) is 0 Å². The molecule has 0 bridgehead atoms. The molecule has 0 radical (unpaired) electrons. The molecule has 7 nitrogen and oxygen atoms in total. The average Bonchev–Trinajstić information content (AvgIpc) is 3.38. The van der Waals surface area contributed by atoms with Crippen LogP contribution in [0.25, 0.3) is 10.2 Å². The van der Waals surface area contributed by atoms with Gasteiger partial charge in [0.2, 0.25) is 5.91 Å². The van der Waals surface area contributed by atoms with Gasteiger partial charge in [0.25, 0.3) is 5.91 Å². The molecule has 0 saturated carbocycles. The van der Waals surface area contributed by atoms with Gasteiger partial charge in [-0.15, -0.1) is 0 Å². The van der Waals surface area contributed by atoms with Crippen LogP contribution in [0.5, 0.6) is 11.5 Å². The van der Waals surface area contributed by atoms with Crippen LogP contribution in [0.2, 0.25) is 0 Å². The summed E-state index contributed by atoms with van der Waals surface area (Å²) >= 11 is 4.75. The molecule has 1 atom stereocenters. The number of amides is 2. The number of ether oxygens (including phenoxy) is 2. The van der Waals surface area contributed by atoms with E-state index in [9.17, 15) is 9.59 Å². The monoisotopic (exact) mass is 487 g/mol. The maximum absolute atomic E-state index is 13.0. The lowest BCUT2D eigenvalue weighted by atomic mass is 10.1. The van der Waals surface area contributed by atoms with E-state index in [0.717, 1.165) is 21.1 Å². The number of aromatic nitrogens is 1. The molecular weight excluding hydrogens is 470 g/mol. The standard InChI is InChI=1S/C21H18BrN3O4S/c22-13-5-3-12(4-6-13)20(27)25-7-1-2-15(25)19(26)24-21-23-14-10-16-17(11-18(14)30-21)29-9-8-28-16/h3-6,10-11,15H,1-2,7-9H2,(H,23,24,26). The fourth-order valence-corrected chi connectivity index (χ4v) is 4.89. The SMILES string of the molecule is O=C(Nc1nc2cc3c(cc2s1)OCCO3)C1CCCN1C(=O)c1ccc(Br)cc1. The molecule has 30 heavy (non-hydrogen) atoms. The second-order valence-electron chi connectivity index (χ2n) is 7.14. The van der Waals surface area contributed by atoms with Crippen LogP contribution in [0.3, 0.4) is 0 Å². The van der Waals surface area contributed by atoms with E-state index in [0.29, 0.717) is 48.4 Å². The van der Waals surface area contributed by atoms with Crippen molar-refractivity contribution in [2.75, 3.05) is 25.1 Å². The van der Waals surface area contributed by atoms with Crippen molar-refractivity contribution in [3.63, 3.8) is 0 Å². The van der Waals surface area contributed by atoms with Crippen molar-refractivity contribution in [1.29, 1.82) is 0 Å². The average molecular weight is 488 g/mol. The van der Waals surface area contributed by atoms with Gasteiger partial charge in [-0.25, -0.2) is 4.98 Å². The number of anilines is 1. The van der Waals surface area contributed by atoms with E-state index in [2.05, 4.69) is 26.2 Å². The minimum absolute atomic E-state index is 0.133. The number of hydrogen-bond donors (Lipinski definition) is 1. The number of carbonyl (C=O) groups is 2. The first kappa shape index (κ1) is 19.3. The smallest absolute Gasteiger partial charge is 0.254 e.